The van der Waals surface area contributed by atoms with Gasteiger partial charge in [0.1, 0.15) is 0 Å². The number of carbonyl (C=O) groups is 1. The zero-order valence-electron chi connectivity index (χ0n) is 14.3. The highest BCUT2D eigenvalue weighted by molar-refractivity contribution is 5.92. The third-order valence-electron chi connectivity index (χ3n) is 4.33. The summed E-state index contributed by atoms with van der Waals surface area (Å²) in [6, 6.07) is 8.67. The number of hydrogen-bond donors (Lipinski definition) is 2. The second-order valence-corrected chi connectivity index (χ2v) is 6.05. The normalized spacial score (nSPS) is 15.3. The highest BCUT2D eigenvalue weighted by Crippen LogP contribution is 2.14. The first-order valence-electron chi connectivity index (χ1n) is 8.56. The first-order valence-corrected chi connectivity index (χ1v) is 8.56. The fourth-order valence-corrected chi connectivity index (χ4v) is 3.06. The molecule has 0 radical (unpaired) electrons. The molecule has 1 aliphatic rings. The molecule has 0 unspecified atom stereocenters. The molecular weight excluding hydrogens is 310 g/mol. The lowest BCUT2D eigenvalue weighted by Gasteiger charge is -2.34. The molecule has 0 aliphatic carbocycles. The van der Waals surface area contributed by atoms with Crippen LogP contribution in [-0.4, -0.2) is 43.0 Å². The van der Waals surface area contributed by atoms with Gasteiger partial charge < -0.3 is 10.6 Å². The van der Waals surface area contributed by atoms with Crippen molar-refractivity contribution in [3.63, 3.8) is 0 Å². The van der Waals surface area contributed by atoms with Crippen molar-refractivity contribution in [3.05, 3.63) is 29.8 Å². The van der Waals surface area contributed by atoms with Crippen LogP contribution in [0, 0.1) is 0 Å². The Kier molecular flexibility index (Phi) is 9.22. The maximum Gasteiger partial charge on any atom is 0.238 e. The fourth-order valence-electron chi connectivity index (χ4n) is 3.06. The summed E-state index contributed by atoms with van der Waals surface area (Å²) in [5, 5.41) is 6.41. The van der Waals surface area contributed by atoms with E-state index in [9.17, 15) is 4.79 Å². The number of hydrogen-bond acceptors (Lipinski definition) is 3. The molecule has 2 rings (SSSR count). The Balaban J connectivity index is 0.00000264. The summed E-state index contributed by atoms with van der Waals surface area (Å²) in [7, 11) is 0. The lowest BCUT2D eigenvalue weighted by atomic mass is 10.0. The number of carbonyl (C=O) groups excluding carboxylic acids is 1. The average molecular weight is 340 g/mol. The van der Waals surface area contributed by atoms with E-state index in [-0.39, 0.29) is 18.3 Å². The van der Waals surface area contributed by atoms with Crippen LogP contribution in [0.2, 0.25) is 0 Å². The Bertz CT molecular complexity index is 458. The third-order valence-corrected chi connectivity index (χ3v) is 4.33. The van der Waals surface area contributed by atoms with E-state index in [0.29, 0.717) is 12.6 Å². The van der Waals surface area contributed by atoms with E-state index < -0.39 is 0 Å². The summed E-state index contributed by atoms with van der Waals surface area (Å²) in [4.78, 5) is 14.7. The van der Waals surface area contributed by atoms with E-state index in [1.807, 2.05) is 12.1 Å². The van der Waals surface area contributed by atoms with Crippen LogP contribution in [0.4, 0.5) is 5.69 Å². The van der Waals surface area contributed by atoms with Gasteiger partial charge in [0.15, 0.2) is 0 Å². The molecule has 4 nitrogen and oxygen atoms in total. The number of aryl methyl sites for hydroxylation is 1. The number of nitrogens with one attached hydrogen (secondary N) is 2. The van der Waals surface area contributed by atoms with Crippen molar-refractivity contribution in [2.45, 2.75) is 45.6 Å². The molecule has 0 saturated carbocycles. The first kappa shape index (κ1) is 19.9. The summed E-state index contributed by atoms with van der Waals surface area (Å²) in [5.74, 6) is 0.0937. The summed E-state index contributed by atoms with van der Waals surface area (Å²) in [6.07, 6.45) is 4.38. The molecule has 1 aliphatic heterocycles. The van der Waals surface area contributed by atoms with Gasteiger partial charge in [-0.25, -0.2) is 0 Å². The zero-order valence-corrected chi connectivity index (χ0v) is 15.1. The van der Waals surface area contributed by atoms with E-state index >= 15 is 0 Å². The van der Waals surface area contributed by atoms with Crippen LogP contribution >= 0.6 is 12.4 Å². The number of nitrogens with zero attached hydrogens (tertiary/aromatic N) is 1. The van der Waals surface area contributed by atoms with Crippen LogP contribution < -0.4 is 10.6 Å². The quantitative estimate of drug-likeness (QED) is 0.802. The Morgan fingerprint density at radius 3 is 2.43 bits per heavy atom. The lowest BCUT2D eigenvalue weighted by molar-refractivity contribution is -0.118. The van der Waals surface area contributed by atoms with Gasteiger partial charge in [-0.2, -0.15) is 0 Å². The maximum atomic E-state index is 12.3. The van der Waals surface area contributed by atoms with E-state index in [4.69, 9.17) is 0 Å². The third kappa shape index (κ3) is 6.50. The predicted molar refractivity (Wildman–Crippen MR) is 99.5 cm³/mol. The Morgan fingerprint density at radius 2 is 1.87 bits per heavy atom. The minimum absolute atomic E-state index is 0. The molecule has 0 bridgehead atoms. The van der Waals surface area contributed by atoms with Crippen LogP contribution in [-0.2, 0) is 11.2 Å². The predicted octanol–water partition coefficient (Wildman–Crippen LogP) is 3.07. The second kappa shape index (κ2) is 10.6. The zero-order chi connectivity index (χ0) is 15.8. The number of rotatable bonds is 7. The summed E-state index contributed by atoms with van der Waals surface area (Å²) in [6.45, 7) is 7.92. The van der Waals surface area contributed by atoms with E-state index in [0.717, 1.165) is 51.0 Å². The molecular formula is C18H30ClN3O. The van der Waals surface area contributed by atoms with Crippen molar-refractivity contribution in [3.8, 4) is 0 Å². The second-order valence-electron chi connectivity index (χ2n) is 6.05. The molecule has 0 aromatic heterocycles. The van der Waals surface area contributed by atoms with Crippen LogP contribution in [0.1, 0.15) is 38.7 Å². The van der Waals surface area contributed by atoms with Gasteiger partial charge in [-0.1, -0.05) is 26.0 Å². The molecule has 1 fully saturated rings. The van der Waals surface area contributed by atoms with Crippen LogP contribution in [0.3, 0.4) is 0 Å². The Morgan fingerprint density at radius 1 is 1.22 bits per heavy atom. The van der Waals surface area contributed by atoms with Crippen LogP contribution in [0.25, 0.3) is 0 Å². The minimum atomic E-state index is 0. The number of halogens is 1. The lowest BCUT2D eigenvalue weighted by Crippen LogP contribution is -2.46. The van der Waals surface area contributed by atoms with Gasteiger partial charge in [0.25, 0.3) is 0 Å². The van der Waals surface area contributed by atoms with Gasteiger partial charge in [0.05, 0.1) is 6.54 Å². The van der Waals surface area contributed by atoms with Gasteiger partial charge in [0.2, 0.25) is 5.91 Å². The first-order chi connectivity index (χ1) is 10.7. The Hall–Kier alpha value is -1.10. The summed E-state index contributed by atoms with van der Waals surface area (Å²) in [5.41, 5.74) is 2.18. The molecule has 130 valence electrons. The molecule has 5 heteroatoms. The standard InChI is InChI=1S/C18H29N3O.ClH/c1-3-13-21(17-9-11-19-12-10-17)14-18(22)20-16-7-5-15(4-2)6-8-16;/h5-8,17,19H,3-4,9-14H2,1-2H3,(H,20,22);1H. The topological polar surface area (TPSA) is 44.4 Å². The van der Waals surface area contributed by atoms with Crippen molar-refractivity contribution in [2.75, 3.05) is 31.5 Å². The van der Waals surface area contributed by atoms with Gasteiger partial charge in [-0.15, -0.1) is 12.4 Å². The number of piperidine rings is 1. The van der Waals surface area contributed by atoms with Crippen molar-refractivity contribution >= 4 is 24.0 Å². The van der Waals surface area contributed by atoms with Crippen molar-refractivity contribution in [2.24, 2.45) is 0 Å². The molecule has 1 amide bonds. The van der Waals surface area contributed by atoms with Crippen molar-refractivity contribution in [1.29, 1.82) is 0 Å². The van der Waals surface area contributed by atoms with Gasteiger partial charge in [0, 0.05) is 11.7 Å². The van der Waals surface area contributed by atoms with Crippen molar-refractivity contribution < 1.29 is 4.79 Å². The Labute approximate surface area is 146 Å². The number of amides is 1. The van der Waals surface area contributed by atoms with Gasteiger partial charge in [-0.05, 0) is 63.0 Å². The van der Waals surface area contributed by atoms with Gasteiger partial charge >= 0.3 is 0 Å². The molecule has 2 N–H and O–H groups in total. The number of benzene rings is 1. The largest absolute Gasteiger partial charge is 0.325 e. The minimum Gasteiger partial charge on any atom is -0.325 e. The molecule has 1 heterocycles. The molecule has 23 heavy (non-hydrogen) atoms. The smallest absolute Gasteiger partial charge is 0.238 e. The monoisotopic (exact) mass is 339 g/mol. The average Bonchev–Trinajstić information content (AvgIpc) is 2.56. The highest BCUT2D eigenvalue weighted by atomic mass is 35.5. The molecule has 1 aromatic rings. The highest BCUT2D eigenvalue weighted by Gasteiger charge is 2.22. The molecule has 0 atom stereocenters. The van der Waals surface area contributed by atoms with E-state index in [1.165, 1.54) is 5.56 Å². The van der Waals surface area contributed by atoms with Crippen molar-refractivity contribution in [1.82, 2.24) is 10.2 Å². The number of anilines is 1. The van der Waals surface area contributed by atoms with Gasteiger partial charge in [-0.3, -0.25) is 9.69 Å². The van der Waals surface area contributed by atoms with Crippen LogP contribution in [0.15, 0.2) is 24.3 Å². The molecule has 1 saturated heterocycles. The molecule has 0 spiro atoms. The summed E-state index contributed by atoms with van der Waals surface area (Å²) >= 11 is 0. The van der Waals surface area contributed by atoms with Crippen LogP contribution in [0.5, 0.6) is 0 Å². The maximum absolute atomic E-state index is 12.3. The molecule has 1 aromatic carbocycles. The van der Waals surface area contributed by atoms with E-state index in [1.54, 1.807) is 0 Å². The SMILES string of the molecule is CCCN(CC(=O)Nc1ccc(CC)cc1)C1CCNCC1.Cl. The summed E-state index contributed by atoms with van der Waals surface area (Å²) < 4.78 is 0. The fraction of sp³-hybridized carbons (Fsp3) is 0.611. The van der Waals surface area contributed by atoms with E-state index in [2.05, 4.69) is 41.5 Å².